The second-order valence-corrected chi connectivity index (χ2v) is 6.25. The molecular weight excluding hydrogens is 284 g/mol. The summed E-state index contributed by atoms with van der Waals surface area (Å²) in [6.45, 7) is 0. The van der Waals surface area contributed by atoms with Gasteiger partial charge >= 0.3 is 5.97 Å². The number of aliphatic carboxylic acids is 1. The van der Waals surface area contributed by atoms with Gasteiger partial charge in [0, 0.05) is 22.0 Å². The molecule has 1 aliphatic rings. The van der Waals surface area contributed by atoms with Crippen LogP contribution in [0.15, 0.2) is 36.5 Å². The van der Waals surface area contributed by atoms with Crippen LogP contribution in [-0.4, -0.2) is 21.0 Å². The molecule has 0 radical (unpaired) electrons. The Hall–Kier alpha value is -2.27. The van der Waals surface area contributed by atoms with Crippen molar-refractivity contribution in [3.05, 3.63) is 47.1 Å². The normalized spacial score (nSPS) is 17.0. The van der Waals surface area contributed by atoms with Gasteiger partial charge in [-0.25, -0.2) is 4.98 Å². The van der Waals surface area contributed by atoms with Crippen LogP contribution in [0.25, 0.3) is 21.5 Å². The summed E-state index contributed by atoms with van der Waals surface area (Å²) in [6, 6.07) is 9.97. The molecule has 1 aromatic carbocycles. The Bertz CT molecular complexity index is 856. The maximum atomic E-state index is 11.2. The zero-order chi connectivity index (χ0) is 14.4. The van der Waals surface area contributed by atoms with Crippen molar-refractivity contribution in [3.8, 4) is 10.6 Å². The van der Waals surface area contributed by atoms with Gasteiger partial charge in [-0.3, -0.25) is 9.78 Å². The number of carbonyl (C=O) groups is 1. The molecular formula is C16H12N2O2S. The van der Waals surface area contributed by atoms with Gasteiger partial charge in [0.1, 0.15) is 10.9 Å². The molecule has 4 rings (SSSR count). The molecule has 5 heteroatoms. The first-order chi connectivity index (χ1) is 10.2. The SMILES string of the molecule is O=C(O)C1CCc2sc(-c3ccc4ncccc4c3)nc21. The van der Waals surface area contributed by atoms with E-state index in [9.17, 15) is 9.90 Å². The number of nitrogens with zero attached hydrogens (tertiary/aromatic N) is 2. The van der Waals surface area contributed by atoms with E-state index in [4.69, 9.17) is 0 Å². The molecule has 0 amide bonds. The highest BCUT2D eigenvalue weighted by Gasteiger charge is 2.32. The van der Waals surface area contributed by atoms with Gasteiger partial charge < -0.3 is 5.11 Å². The Morgan fingerprint density at radius 3 is 3.10 bits per heavy atom. The molecule has 1 atom stereocenters. The van der Waals surface area contributed by atoms with Crippen molar-refractivity contribution in [3.63, 3.8) is 0 Å². The van der Waals surface area contributed by atoms with E-state index < -0.39 is 11.9 Å². The first-order valence-corrected chi connectivity index (χ1v) is 7.61. The number of pyridine rings is 1. The maximum Gasteiger partial charge on any atom is 0.312 e. The number of carboxylic acid groups (broad SMARTS) is 1. The van der Waals surface area contributed by atoms with E-state index >= 15 is 0 Å². The first kappa shape index (κ1) is 12.5. The van der Waals surface area contributed by atoms with Gasteiger partial charge in [-0.15, -0.1) is 11.3 Å². The number of fused-ring (bicyclic) bond motifs is 2. The minimum atomic E-state index is -0.770. The Morgan fingerprint density at radius 1 is 1.33 bits per heavy atom. The molecule has 0 bridgehead atoms. The summed E-state index contributed by atoms with van der Waals surface area (Å²) in [7, 11) is 0. The molecule has 2 heterocycles. The minimum absolute atomic E-state index is 0.438. The first-order valence-electron chi connectivity index (χ1n) is 6.80. The van der Waals surface area contributed by atoms with Crippen LogP contribution in [0.5, 0.6) is 0 Å². The highest BCUT2D eigenvalue weighted by Crippen LogP contribution is 2.40. The van der Waals surface area contributed by atoms with E-state index in [0.29, 0.717) is 6.42 Å². The van der Waals surface area contributed by atoms with Crippen LogP contribution in [0.3, 0.4) is 0 Å². The molecule has 0 saturated heterocycles. The quantitative estimate of drug-likeness (QED) is 0.786. The van der Waals surface area contributed by atoms with Crippen molar-refractivity contribution < 1.29 is 9.90 Å². The molecule has 3 aromatic rings. The average molecular weight is 296 g/mol. The Balaban J connectivity index is 1.79. The summed E-state index contributed by atoms with van der Waals surface area (Å²) in [4.78, 5) is 21.3. The molecule has 0 aliphatic heterocycles. The van der Waals surface area contributed by atoms with E-state index in [1.54, 1.807) is 17.5 Å². The van der Waals surface area contributed by atoms with Crippen LogP contribution in [0.2, 0.25) is 0 Å². The van der Waals surface area contributed by atoms with E-state index in [-0.39, 0.29) is 0 Å². The van der Waals surface area contributed by atoms with Crippen molar-refractivity contribution in [2.24, 2.45) is 0 Å². The summed E-state index contributed by atoms with van der Waals surface area (Å²) in [5.41, 5.74) is 2.74. The van der Waals surface area contributed by atoms with Gasteiger partial charge in [0.2, 0.25) is 0 Å². The van der Waals surface area contributed by atoms with Crippen molar-refractivity contribution in [1.82, 2.24) is 9.97 Å². The number of benzene rings is 1. The lowest BCUT2D eigenvalue weighted by molar-refractivity contribution is -0.138. The predicted molar refractivity (Wildman–Crippen MR) is 81.5 cm³/mol. The lowest BCUT2D eigenvalue weighted by atomic mass is 10.1. The van der Waals surface area contributed by atoms with Crippen molar-refractivity contribution in [1.29, 1.82) is 0 Å². The van der Waals surface area contributed by atoms with Crippen molar-refractivity contribution in [2.75, 3.05) is 0 Å². The van der Waals surface area contributed by atoms with E-state index in [1.807, 2.05) is 24.3 Å². The minimum Gasteiger partial charge on any atom is -0.481 e. The monoisotopic (exact) mass is 296 g/mol. The fraction of sp³-hybridized carbons (Fsp3) is 0.188. The van der Waals surface area contributed by atoms with Gasteiger partial charge in [0.25, 0.3) is 0 Å². The highest BCUT2D eigenvalue weighted by molar-refractivity contribution is 7.15. The lowest BCUT2D eigenvalue weighted by Crippen LogP contribution is -2.08. The third kappa shape index (κ3) is 2.01. The standard InChI is InChI=1S/C16H12N2O2S/c19-16(20)11-4-6-13-14(11)18-15(21-13)10-3-5-12-9(8-10)2-1-7-17-12/h1-3,5,7-8,11H,4,6H2,(H,19,20). The van der Waals surface area contributed by atoms with Crippen LogP contribution in [-0.2, 0) is 11.2 Å². The summed E-state index contributed by atoms with van der Waals surface area (Å²) >= 11 is 1.61. The molecule has 0 fully saturated rings. The number of aromatic nitrogens is 2. The Labute approximate surface area is 125 Å². The summed E-state index contributed by atoms with van der Waals surface area (Å²) in [5.74, 6) is -1.21. The third-order valence-corrected chi connectivity index (χ3v) is 5.05. The molecule has 2 aromatic heterocycles. The summed E-state index contributed by atoms with van der Waals surface area (Å²) in [5, 5.41) is 11.2. The third-order valence-electron chi connectivity index (χ3n) is 3.87. The highest BCUT2D eigenvalue weighted by atomic mass is 32.1. The van der Waals surface area contributed by atoms with Gasteiger partial charge in [-0.05, 0) is 37.1 Å². The molecule has 0 saturated carbocycles. The summed E-state index contributed by atoms with van der Waals surface area (Å²) in [6.07, 6.45) is 3.27. The van der Waals surface area contributed by atoms with E-state index in [1.165, 1.54) is 0 Å². The topological polar surface area (TPSA) is 63.1 Å². The average Bonchev–Trinajstić information content (AvgIpc) is 3.06. The van der Waals surface area contributed by atoms with Gasteiger partial charge in [0.05, 0.1) is 11.2 Å². The van der Waals surface area contributed by atoms with Gasteiger partial charge in [-0.1, -0.05) is 6.07 Å². The Kier molecular flexibility index (Phi) is 2.75. The zero-order valence-electron chi connectivity index (χ0n) is 11.1. The largest absolute Gasteiger partial charge is 0.481 e. The summed E-state index contributed by atoms with van der Waals surface area (Å²) < 4.78 is 0. The number of rotatable bonds is 2. The Morgan fingerprint density at radius 2 is 2.24 bits per heavy atom. The van der Waals surface area contributed by atoms with Crippen molar-refractivity contribution in [2.45, 2.75) is 18.8 Å². The van der Waals surface area contributed by atoms with Crippen LogP contribution in [0.4, 0.5) is 0 Å². The molecule has 104 valence electrons. The number of thiazole rings is 1. The smallest absolute Gasteiger partial charge is 0.312 e. The molecule has 4 nitrogen and oxygen atoms in total. The second kappa shape index (κ2) is 4.63. The zero-order valence-corrected chi connectivity index (χ0v) is 11.9. The van der Waals surface area contributed by atoms with Crippen LogP contribution in [0.1, 0.15) is 22.9 Å². The lowest BCUT2D eigenvalue weighted by Gasteiger charge is -2.02. The number of carboxylic acids is 1. The van der Waals surface area contributed by atoms with Crippen LogP contribution < -0.4 is 0 Å². The molecule has 0 spiro atoms. The fourth-order valence-corrected chi connectivity index (χ4v) is 3.93. The number of hydrogen-bond acceptors (Lipinski definition) is 4. The van der Waals surface area contributed by atoms with Gasteiger partial charge in [-0.2, -0.15) is 0 Å². The molecule has 1 N–H and O–H groups in total. The van der Waals surface area contributed by atoms with E-state index in [2.05, 4.69) is 16.0 Å². The van der Waals surface area contributed by atoms with Crippen molar-refractivity contribution >= 4 is 28.2 Å². The second-order valence-electron chi connectivity index (χ2n) is 5.17. The molecule has 21 heavy (non-hydrogen) atoms. The molecule has 1 unspecified atom stereocenters. The van der Waals surface area contributed by atoms with E-state index in [0.717, 1.165) is 38.5 Å². The maximum absolute atomic E-state index is 11.2. The predicted octanol–water partition coefficient (Wildman–Crippen LogP) is 3.47. The fourth-order valence-electron chi connectivity index (χ4n) is 2.80. The van der Waals surface area contributed by atoms with Gasteiger partial charge in [0.15, 0.2) is 0 Å². The van der Waals surface area contributed by atoms with Crippen LogP contribution in [0, 0.1) is 0 Å². The van der Waals surface area contributed by atoms with Crippen LogP contribution >= 0.6 is 11.3 Å². The number of hydrogen-bond donors (Lipinski definition) is 1. The molecule has 1 aliphatic carbocycles. The number of aryl methyl sites for hydroxylation is 1.